The van der Waals surface area contributed by atoms with Gasteiger partial charge in [0.15, 0.2) is 0 Å². The fourth-order valence-corrected chi connectivity index (χ4v) is 3.73. The molecule has 0 bridgehead atoms. The normalized spacial score (nSPS) is 15.4. The Kier molecular flexibility index (Phi) is 6.31. The molecule has 7 nitrogen and oxygen atoms in total. The number of nitrogens with zero attached hydrogens (tertiary/aromatic N) is 4. The maximum Gasteiger partial charge on any atom is 0.308 e. The van der Waals surface area contributed by atoms with Gasteiger partial charge in [0.1, 0.15) is 12.4 Å². The number of amidine groups is 1. The van der Waals surface area contributed by atoms with Crippen LogP contribution in [-0.4, -0.2) is 52.4 Å². The van der Waals surface area contributed by atoms with Gasteiger partial charge < -0.3 is 10.6 Å². The minimum Gasteiger partial charge on any atom is -0.386 e. The number of carbonyl (C=O) groups excluding carboxylic acids is 1. The maximum absolute atomic E-state index is 12.5. The Morgan fingerprint density at radius 3 is 2.64 bits per heavy atom. The number of hydrazone groups is 1. The third-order valence-corrected chi connectivity index (χ3v) is 5.03. The molecule has 1 amide bonds. The number of piperazine rings is 1. The van der Waals surface area contributed by atoms with E-state index in [2.05, 4.69) is 5.10 Å². The molecule has 1 fully saturated rings. The molecule has 0 unspecified atom stereocenters. The molecular formula is C15H19Cl2N5O2S. The van der Waals surface area contributed by atoms with Crippen LogP contribution in [0.3, 0.4) is 0 Å². The average Bonchev–Trinajstić information content (AvgIpc) is 2.83. The predicted octanol–water partition coefficient (Wildman–Crippen LogP) is 1.57. The van der Waals surface area contributed by atoms with Gasteiger partial charge in [-0.2, -0.15) is 5.10 Å². The van der Waals surface area contributed by atoms with E-state index in [-0.39, 0.29) is 29.7 Å². The lowest BCUT2D eigenvalue weighted by atomic mass is 10.3. The number of rotatable bonds is 3. The number of hydrogen-bond donors (Lipinski definition) is 1. The second kappa shape index (κ2) is 8.07. The van der Waals surface area contributed by atoms with Crippen LogP contribution in [-0.2, 0) is 11.3 Å². The quantitative estimate of drug-likeness (QED) is 0.622. The minimum atomic E-state index is -0.150. The van der Waals surface area contributed by atoms with Crippen molar-refractivity contribution in [1.29, 1.82) is 0 Å². The SMILES string of the molecule is C/C(N)=N/N1CCN(C(=O)Cn2c(=O)sc3ccc(Cl)cc32)CC1.Cl. The number of thiazole rings is 1. The Morgan fingerprint density at radius 1 is 1.32 bits per heavy atom. The van der Waals surface area contributed by atoms with Gasteiger partial charge in [-0.05, 0) is 25.1 Å². The Hall–Kier alpha value is -1.77. The van der Waals surface area contributed by atoms with Crippen molar-refractivity contribution in [1.82, 2.24) is 14.5 Å². The number of aromatic nitrogens is 1. The molecule has 2 N–H and O–H groups in total. The number of benzene rings is 1. The number of fused-ring (bicyclic) bond motifs is 1. The molecule has 25 heavy (non-hydrogen) atoms. The van der Waals surface area contributed by atoms with E-state index in [9.17, 15) is 9.59 Å². The number of hydrogen-bond acceptors (Lipinski definition) is 5. The van der Waals surface area contributed by atoms with Crippen molar-refractivity contribution in [3.63, 3.8) is 0 Å². The summed E-state index contributed by atoms with van der Waals surface area (Å²) in [6.07, 6.45) is 0. The maximum atomic E-state index is 12.5. The lowest BCUT2D eigenvalue weighted by Crippen LogP contribution is -2.48. The zero-order chi connectivity index (χ0) is 17.3. The van der Waals surface area contributed by atoms with E-state index >= 15 is 0 Å². The smallest absolute Gasteiger partial charge is 0.308 e. The van der Waals surface area contributed by atoms with Crippen LogP contribution >= 0.6 is 35.3 Å². The first kappa shape index (κ1) is 19.6. The highest BCUT2D eigenvalue weighted by Crippen LogP contribution is 2.21. The van der Waals surface area contributed by atoms with E-state index < -0.39 is 0 Å². The van der Waals surface area contributed by atoms with Gasteiger partial charge in [-0.15, -0.1) is 12.4 Å². The summed E-state index contributed by atoms with van der Waals surface area (Å²) in [6, 6.07) is 5.26. The van der Waals surface area contributed by atoms with Crippen LogP contribution in [0.5, 0.6) is 0 Å². The largest absolute Gasteiger partial charge is 0.386 e. The van der Waals surface area contributed by atoms with Crippen molar-refractivity contribution in [3.8, 4) is 0 Å². The highest BCUT2D eigenvalue weighted by molar-refractivity contribution is 7.16. The summed E-state index contributed by atoms with van der Waals surface area (Å²) in [4.78, 5) is 26.3. The first-order valence-electron chi connectivity index (χ1n) is 7.56. The summed E-state index contributed by atoms with van der Waals surface area (Å²) in [5.74, 6) is 0.424. The molecule has 2 heterocycles. The van der Waals surface area contributed by atoms with E-state index in [4.69, 9.17) is 17.3 Å². The van der Waals surface area contributed by atoms with Gasteiger partial charge in [0.2, 0.25) is 5.91 Å². The lowest BCUT2D eigenvalue weighted by Gasteiger charge is -2.33. The third kappa shape index (κ3) is 4.45. The molecule has 0 spiro atoms. The van der Waals surface area contributed by atoms with Gasteiger partial charge in [0.05, 0.1) is 23.3 Å². The van der Waals surface area contributed by atoms with E-state index in [1.165, 1.54) is 4.57 Å². The molecular weight excluding hydrogens is 385 g/mol. The Balaban J connectivity index is 0.00000225. The highest BCUT2D eigenvalue weighted by Gasteiger charge is 2.22. The van der Waals surface area contributed by atoms with Crippen molar-refractivity contribution < 1.29 is 4.79 Å². The van der Waals surface area contributed by atoms with Crippen LogP contribution < -0.4 is 10.6 Å². The zero-order valence-corrected chi connectivity index (χ0v) is 16.0. The van der Waals surface area contributed by atoms with Gasteiger partial charge in [-0.25, -0.2) is 0 Å². The van der Waals surface area contributed by atoms with Crippen molar-refractivity contribution >= 4 is 57.3 Å². The van der Waals surface area contributed by atoms with Crippen LogP contribution in [0, 0.1) is 0 Å². The zero-order valence-electron chi connectivity index (χ0n) is 13.6. The molecule has 1 aliphatic rings. The second-order valence-corrected chi connectivity index (χ2v) is 7.07. The van der Waals surface area contributed by atoms with Crippen LogP contribution in [0.1, 0.15) is 6.92 Å². The highest BCUT2D eigenvalue weighted by atomic mass is 35.5. The van der Waals surface area contributed by atoms with Gasteiger partial charge in [-0.1, -0.05) is 22.9 Å². The standard InChI is InChI=1S/C15H18ClN5O2S.ClH/c1-10(17)18-20-6-4-19(5-7-20)14(22)9-21-12-8-11(16)2-3-13(12)24-15(21)23;/h2-3,8H,4-7,9H2,1H3,(H2,17,18);1H. The van der Waals surface area contributed by atoms with E-state index in [1.54, 1.807) is 30.0 Å². The number of carbonyl (C=O) groups is 1. The molecule has 1 aliphatic heterocycles. The summed E-state index contributed by atoms with van der Waals surface area (Å²) in [6.45, 7) is 4.15. The fourth-order valence-electron chi connectivity index (χ4n) is 2.69. The van der Waals surface area contributed by atoms with Crippen molar-refractivity contribution in [2.24, 2.45) is 10.8 Å². The van der Waals surface area contributed by atoms with E-state index in [0.29, 0.717) is 42.6 Å². The summed E-state index contributed by atoms with van der Waals surface area (Å²) in [5.41, 5.74) is 6.27. The van der Waals surface area contributed by atoms with Crippen LogP contribution in [0.25, 0.3) is 10.2 Å². The molecule has 0 aliphatic carbocycles. The number of halogens is 2. The second-order valence-electron chi connectivity index (χ2n) is 5.64. The Labute approximate surface area is 160 Å². The summed E-state index contributed by atoms with van der Waals surface area (Å²) >= 11 is 7.13. The lowest BCUT2D eigenvalue weighted by molar-refractivity contribution is -0.133. The number of amides is 1. The molecule has 1 aromatic carbocycles. The molecule has 10 heteroatoms. The van der Waals surface area contributed by atoms with Gasteiger partial charge >= 0.3 is 4.87 Å². The van der Waals surface area contributed by atoms with Crippen molar-refractivity contribution in [3.05, 3.63) is 32.9 Å². The summed E-state index contributed by atoms with van der Waals surface area (Å²) in [7, 11) is 0. The molecule has 1 aromatic heterocycles. The molecule has 0 saturated carbocycles. The molecule has 3 rings (SSSR count). The number of nitrogens with two attached hydrogens (primary N) is 1. The van der Waals surface area contributed by atoms with Crippen LogP contribution in [0.4, 0.5) is 0 Å². The Bertz CT molecular complexity index is 851. The molecule has 136 valence electrons. The third-order valence-electron chi connectivity index (χ3n) is 3.83. The van der Waals surface area contributed by atoms with Crippen LogP contribution in [0.15, 0.2) is 28.1 Å². The topological polar surface area (TPSA) is 83.9 Å². The molecule has 1 saturated heterocycles. The van der Waals surface area contributed by atoms with E-state index in [0.717, 1.165) is 16.0 Å². The van der Waals surface area contributed by atoms with Gasteiger partial charge in [0, 0.05) is 18.1 Å². The molecule has 0 atom stereocenters. The van der Waals surface area contributed by atoms with Crippen molar-refractivity contribution in [2.45, 2.75) is 13.5 Å². The van der Waals surface area contributed by atoms with Crippen LogP contribution in [0.2, 0.25) is 5.02 Å². The van der Waals surface area contributed by atoms with Gasteiger partial charge in [-0.3, -0.25) is 19.2 Å². The van der Waals surface area contributed by atoms with Crippen molar-refractivity contribution in [2.75, 3.05) is 26.2 Å². The Morgan fingerprint density at radius 2 is 2.00 bits per heavy atom. The molecule has 0 radical (unpaired) electrons. The van der Waals surface area contributed by atoms with E-state index in [1.807, 2.05) is 5.01 Å². The van der Waals surface area contributed by atoms with Gasteiger partial charge in [0.25, 0.3) is 0 Å². The predicted molar refractivity (Wildman–Crippen MR) is 104 cm³/mol. The minimum absolute atomic E-state index is 0. The average molecular weight is 404 g/mol. The first-order chi connectivity index (χ1) is 11.4. The fraction of sp³-hybridized carbons (Fsp3) is 0.400. The molecule has 2 aromatic rings. The first-order valence-corrected chi connectivity index (χ1v) is 8.76. The summed E-state index contributed by atoms with van der Waals surface area (Å²) in [5, 5.41) is 6.59. The monoisotopic (exact) mass is 403 g/mol. The summed E-state index contributed by atoms with van der Waals surface area (Å²) < 4.78 is 2.32.